The van der Waals surface area contributed by atoms with E-state index in [0.717, 1.165) is 10.0 Å². The van der Waals surface area contributed by atoms with Crippen LogP contribution in [0.5, 0.6) is 0 Å². The topological polar surface area (TPSA) is 64.7 Å². The number of halogens is 1. The zero-order chi connectivity index (χ0) is 12.4. The number of hydrogen-bond donors (Lipinski definition) is 0. The predicted molar refractivity (Wildman–Crippen MR) is 67.8 cm³/mol. The van der Waals surface area contributed by atoms with Crippen molar-refractivity contribution < 1.29 is 0 Å². The molecule has 0 fully saturated rings. The molecule has 0 radical (unpaired) electrons. The Bertz CT molecular complexity index is 687. The van der Waals surface area contributed by atoms with Gasteiger partial charge in [0.1, 0.15) is 17.7 Å². The third-order valence-corrected chi connectivity index (χ3v) is 3.07. The Balaban J connectivity index is 2.88. The first-order chi connectivity index (χ1) is 8.17. The number of fused-ring (bicyclic) bond motifs is 1. The molecule has 0 amide bonds. The van der Waals surface area contributed by atoms with Crippen molar-refractivity contribution in [3.8, 4) is 12.1 Å². The Hall–Kier alpha value is -2.17. The van der Waals surface area contributed by atoms with Gasteiger partial charge in [0.25, 0.3) is 0 Å². The number of nitrogens with zero attached hydrogens (tertiary/aromatic N) is 2. The summed E-state index contributed by atoms with van der Waals surface area (Å²) in [5.74, 6) is 0. The predicted octanol–water partition coefficient (Wildman–Crippen LogP) is 2.60. The van der Waals surface area contributed by atoms with Crippen LogP contribution in [0.25, 0.3) is 10.1 Å². The van der Waals surface area contributed by atoms with Crippen molar-refractivity contribution >= 4 is 26.0 Å². The quantitative estimate of drug-likeness (QED) is 0.688. The minimum absolute atomic E-state index is 0.00583. The highest BCUT2D eigenvalue weighted by atomic mass is 79.9. The first kappa shape index (κ1) is 11.3. The molecule has 1 aromatic rings. The molecule has 0 spiro atoms. The zero-order valence-corrected chi connectivity index (χ0v) is 10.2. The van der Waals surface area contributed by atoms with Gasteiger partial charge in [0, 0.05) is 10.1 Å². The van der Waals surface area contributed by atoms with Crippen LogP contribution in [-0.4, -0.2) is 0 Å². The molecule has 17 heavy (non-hydrogen) atoms. The molecule has 0 unspecified atom stereocenters. The third kappa shape index (κ3) is 1.91. The van der Waals surface area contributed by atoms with Gasteiger partial charge in [-0.1, -0.05) is 28.1 Å². The highest BCUT2D eigenvalue weighted by Gasteiger charge is 2.19. The summed E-state index contributed by atoms with van der Waals surface area (Å²) >= 11 is 3.36. The summed E-state index contributed by atoms with van der Waals surface area (Å²) in [5.41, 5.74) is 1.76. The van der Waals surface area contributed by atoms with Crippen LogP contribution in [0.3, 0.4) is 0 Å². The van der Waals surface area contributed by atoms with Crippen LogP contribution >= 0.6 is 15.9 Å². The first-order valence-corrected chi connectivity index (χ1v) is 5.53. The molecule has 0 atom stereocenters. The van der Waals surface area contributed by atoms with Gasteiger partial charge in [-0.3, -0.25) is 4.79 Å². The molecule has 1 aliphatic rings. The lowest BCUT2D eigenvalue weighted by atomic mass is 10.0. The van der Waals surface area contributed by atoms with E-state index in [-0.39, 0.29) is 11.0 Å². The van der Waals surface area contributed by atoms with E-state index in [1.54, 1.807) is 18.2 Å². The molecule has 0 heterocycles. The molecule has 0 saturated carbocycles. The van der Waals surface area contributed by atoms with E-state index in [4.69, 9.17) is 10.5 Å². The van der Waals surface area contributed by atoms with Gasteiger partial charge in [0.05, 0.1) is 0 Å². The summed E-state index contributed by atoms with van der Waals surface area (Å²) in [6.45, 7) is 0. The molecule has 2 rings (SSSR count). The van der Waals surface area contributed by atoms with Gasteiger partial charge in [-0.15, -0.1) is 0 Å². The Morgan fingerprint density at radius 3 is 2.53 bits per heavy atom. The van der Waals surface area contributed by atoms with Crippen molar-refractivity contribution in [3.63, 3.8) is 0 Å². The van der Waals surface area contributed by atoms with E-state index >= 15 is 0 Å². The highest BCUT2D eigenvalue weighted by Crippen LogP contribution is 2.38. The van der Waals surface area contributed by atoms with Crippen molar-refractivity contribution in [3.05, 3.63) is 57.3 Å². The molecule has 0 aliphatic heterocycles. The maximum Gasteiger partial charge on any atom is 0.179 e. The highest BCUT2D eigenvalue weighted by molar-refractivity contribution is 9.15. The summed E-state index contributed by atoms with van der Waals surface area (Å²) in [5, 5.41) is 17.8. The van der Waals surface area contributed by atoms with Crippen molar-refractivity contribution in [1.29, 1.82) is 10.5 Å². The Labute approximate surface area is 106 Å². The zero-order valence-electron chi connectivity index (χ0n) is 8.57. The second-order valence-electron chi connectivity index (χ2n) is 3.40. The molecule has 1 aromatic carbocycles. The van der Waals surface area contributed by atoms with Gasteiger partial charge in [0.15, 0.2) is 5.43 Å². The van der Waals surface area contributed by atoms with E-state index < -0.39 is 0 Å². The molecular weight excluding hydrogens is 280 g/mol. The fourth-order valence-electron chi connectivity index (χ4n) is 1.66. The van der Waals surface area contributed by atoms with E-state index in [2.05, 4.69) is 15.9 Å². The smallest absolute Gasteiger partial charge is 0.179 e. The van der Waals surface area contributed by atoms with E-state index in [1.165, 1.54) is 12.1 Å². The standard InChI is InChI=1S/C13H5BrN2O/c14-13-5-11(8(6-15)7-16)12-4-9(17)2-1-3-10(12)13/h1-5H. The maximum atomic E-state index is 11.5. The Morgan fingerprint density at radius 1 is 1.18 bits per heavy atom. The molecule has 0 saturated heterocycles. The molecular formula is C13H5BrN2O. The van der Waals surface area contributed by atoms with Gasteiger partial charge in [-0.05, 0) is 29.3 Å². The normalized spacial score (nSPS) is 12.2. The average Bonchev–Trinajstić information content (AvgIpc) is 2.51. The Kier molecular flexibility index (Phi) is 2.91. The van der Waals surface area contributed by atoms with Gasteiger partial charge >= 0.3 is 0 Å². The molecule has 0 N–H and O–H groups in total. The molecule has 3 nitrogen and oxygen atoms in total. The lowest BCUT2D eigenvalue weighted by Crippen LogP contribution is -1.93. The van der Waals surface area contributed by atoms with Crippen molar-refractivity contribution in [2.24, 2.45) is 0 Å². The van der Waals surface area contributed by atoms with Crippen LogP contribution in [0.15, 0.2) is 40.7 Å². The van der Waals surface area contributed by atoms with Crippen LogP contribution < -0.4 is 5.43 Å². The first-order valence-electron chi connectivity index (χ1n) is 4.74. The maximum absolute atomic E-state index is 11.5. The SMILES string of the molecule is N#CC(C#N)=C1C=C(Br)c2cccc(=O)cc21. The molecule has 0 aromatic heterocycles. The Morgan fingerprint density at radius 2 is 1.88 bits per heavy atom. The summed E-state index contributed by atoms with van der Waals surface area (Å²) in [6, 6.07) is 9.97. The largest absolute Gasteiger partial charge is 0.290 e. The second-order valence-corrected chi connectivity index (χ2v) is 4.26. The van der Waals surface area contributed by atoms with Crippen LogP contribution in [0.4, 0.5) is 0 Å². The van der Waals surface area contributed by atoms with Gasteiger partial charge in [0.2, 0.25) is 0 Å². The minimum atomic E-state index is -0.158. The average molecular weight is 285 g/mol. The fourth-order valence-corrected chi connectivity index (χ4v) is 2.24. The van der Waals surface area contributed by atoms with Crippen LogP contribution in [0.2, 0.25) is 0 Å². The summed E-state index contributed by atoms with van der Waals surface area (Å²) in [4.78, 5) is 11.5. The molecule has 4 heteroatoms. The number of allylic oxidation sites excluding steroid dienone is 3. The van der Waals surface area contributed by atoms with E-state index in [9.17, 15) is 4.79 Å². The summed E-state index contributed by atoms with van der Waals surface area (Å²) in [6.07, 6.45) is 1.69. The van der Waals surface area contributed by atoms with Crippen molar-refractivity contribution in [2.45, 2.75) is 0 Å². The monoisotopic (exact) mass is 284 g/mol. The second kappa shape index (κ2) is 4.37. The lowest BCUT2D eigenvalue weighted by Gasteiger charge is -1.96. The number of nitriles is 2. The fraction of sp³-hybridized carbons (Fsp3) is 0. The number of hydrogen-bond acceptors (Lipinski definition) is 3. The van der Waals surface area contributed by atoms with E-state index in [0.29, 0.717) is 11.1 Å². The number of rotatable bonds is 0. The lowest BCUT2D eigenvalue weighted by molar-refractivity contribution is 1.46. The summed E-state index contributed by atoms with van der Waals surface area (Å²) < 4.78 is 0.765. The van der Waals surface area contributed by atoms with Gasteiger partial charge < -0.3 is 0 Å². The minimum Gasteiger partial charge on any atom is -0.290 e. The van der Waals surface area contributed by atoms with Gasteiger partial charge in [-0.2, -0.15) is 10.5 Å². The van der Waals surface area contributed by atoms with Crippen molar-refractivity contribution in [1.82, 2.24) is 0 Å². The van der Waals surface area contributed by atoms with Crippen molar-refractivity contribution in [2.75, 3.05) is 0 Å². The molecule has 80 valence electrons. The van der Waals surface area contributed by atoms with Gasteiger partial charge in [-0.25, -0.2) is 0 Å². The molecule has 0 bridgehead atoms. The van der Waals surface area contributed by atoms with Crippen LogP contribution in [0.1, 0.15) is 11.1 Å². The van der Waals surface area contributed by atoms with Crippen LogP contribution in [-0.2, 0) is 0 Å². The van der Waals surface area contributed by atoms with E-state index in [1.807, 2.05) is 12.1 Å². The third-order valence-electron chi connectivity index (χ3n) is 2.41. The van der Waals surface area contributed by atoms with Crippen LogP contribution in [0, 0.1) is 22.7 Å². The molecule has 1 aliphatic carbocycles. The summed E-state index contributed by atoms with van der Waals surface area (Å²) in [7, 11) is 0.